The summed E-state index contributed by atoms with van der Waals surface area (Å²) in [6.07, 6.45) is 1.39. The Balaban J connectivity index is 1.49. The Morgan fingerprint density at radius 3 is 2.36 bits per heavy atom. The molecule has 1 fully saturated rings. The Hall–Kier alpha value is -4.79. The van der Waals surface area contributed by atoms with Crippen molar-refractivity contribution in [1.29, 1.82) is 0 Å². The van der Waals surface area contributed by atoms with Crippen molar-refractivity contribution in [3.63, 3.8) is 0 Å². The first-order chi connectivity index (χ1) is 15.9. The van der Waals surface area contributed by atoms with E-state index in [0.717, 1.165) is 4.90 Å². The van der Waals surface area contributed by atoms with Crippen LogP contribution in [0.4, 0.5) is 16.2 Å². The third-order valence-corrected chi connectivity index (χ3v) is 4.83. The van der Waals surface area contributed by atoms with Crippen LogP contribution in [0.1, 0.15) is 11.1 Å². The lowest BCUT2D eigenvalue weighted by molar-refractivity contribution is -0.384. The Morgan fingerprint density at radius 2 is 1.67 bits per heavy atom. The molecule has 4 rings (SSSR count). The van der Waals surface area contributed by atoms with Crippen LogP contribution in [0.2, 0.25) is 0 Å². The topological polar surface area (TPSA) is 119 Å². The number of hydrogen-bond donors (Lipinski definition) is 1. The van der Waals surface area contributed by atoms with Gasteiger partial charge in [-0.2, -0.15) is 0 Å². The largest absolute Gasteiger partial charge is 0.489 e. The summed E-state index contributed by atoms with van der Waals surface area (Å²) in [4.78, 5) is 48.6. The highest BCUT2D eigenvalue weighted by Gasteiger charge is 2.36. The van der Waals surface area contributed by atoms with Gasteiger partial charge in [-0.25, -0.2) is 9.69 Å². The minimum Gasteiger partial charge on any atom is -0.489 e. The highest BCUT2D eigenvalue weighted by molar-refractivity contribution is 6.39. The fourth-order valence-corrected chi connectivity index (χ4v) is 3.22. The van der Waals surface area contributed by atoms with Crippen LogP contribution in [0.15, 0.2) is 84.4 Å². The molecule has 1 N–H and O–H groups in total. The van der Waals surface area contributed by atoms with Gasteiger partial charge in [-0.1, -0.05) is 42.5 Å². The minimum atomic E-state index is -0.807. The number of urea groups is 1. The van der Waals surface area contributed by atoms with Crippen LogP contribution in [-0.2, 0) is 16.2 Å². The van der Waals surface area contributed by atoms with Crippen molar-refractivity contribution in [1.82, 2.24) is 5.32 Å². The van der Waals surface area contributed by atoms with Gasteiger partial charge in [0.2, 0.25) is 0 Å². The summed E-state index contributed by atoms with van der Waals surface area (Å²) < 4.78 is 5.66. The maximum absolute atomic E-state index is 12.9. The van der Waals surface area contributed by atoms with Gasteiger partial charge in [0.15, 0.2) is 0 Å². The van der Waals surface area contributed by atoms with Crippen molar-refractivity contribution in [3.05, 3.63) is 106 Å². The molecule has 9 nitrogen and oxygen atoms in total. The Kier molecular flexibility index (Phi) is 5.94. The van der Waals surface area contributed by atoms with E-state index in [1.807, 2.05) is 0 Å². The highest BCUT2D eigenvalue weighted by Crippen LogP contribution is 2.23. The zero-order valence-corrected chi connectivity index (χ0v) is 17.1. The number of carbonyl (C=O) groups is 3. The number of ether oxygens (including phenoxy) is 1. The summed E-state index contributed by atoms with van der Waals surface area (Å²) in [5.41, 5.74) is 1.35. The Morgan fingerprint density at radius 1 is 0.939 bits per heavy atom. The lowest BCUT2D eigenvalue weighted by atomic mass is 10.1. The van der Waals surface area contributed by atoms with Gasteiger partial charge in [-0.3, -0.25) is 25.0 Å². The molecule has 0 spiro atoms. The molecule has 3 aromatic rings. The number of anilines is 1. The smallest absolute Gasteiger partial charge is 0.335 e. The van der Waals surface area contributed by atoms with E-state index >= 15 is 0 Å². The first kappa shape index (κ1) is 21.4. The highest BCUT2D eigenvalue weighted by atomic mass is 16.6. The van der Waals surface area contributed by atoms with Crippen LogP contribution in [0.5, 0.6) is 5.75 Å². The molecule has 33 heavy (non-hydrogen) atoms. The van der Waals surface area contributed by atoms with E-state index < -0.39 is 22.8 Å². The van der Waals surface area contributed by atoms with Crippen molar-refractivity contribution < 1.29 is 24.0 Å². The second-order valence-electron chi connectivity index (χ2n) is 7.08. The van der Waals surface area contributed by atoms with Gasteiger partial charge in [-0.05, 0) is 41.5 Å². The molecule has 3 aromatic carbocycles. The third kappa shape index (κ3) is 4.77. The summed E-state index contributed by atoms with van der Waals surface area (Å²) in [6.45, 7) is 0.136. The van der Waals surface area contributed by atoms with Crippen molar-refractivity contribution in [2.75, 3.05) is 4.90 Å². The van der Waals surface area contributed by atoms with Gasteiger partial charge in [-0.15, -0.1) is 0 Å². The van der Waals surface area contributed by atoms with Gasteiger partial charge < -0.3 is 4.74 Å². The molecule has 0 radical (unpaired) electrons. The molecule has 1 aliphatic rings. The molecule has 0 aromatic heterocycles. The molecule has 1 aliphatic heterocycles. The number of imide groups is 2. The maximum Gasteiger partial charge on any atom is 0.335 e. The average molecular weight is 443 g/mol. The predicted octanol–water partition coefficient (Wildman–Crippen LogP) is 3.84. The van der Waals surface area contributed by atoms with Crippen LogP contribution in [0.25, 0.3) is 6.08 Å². The molecule has 0 unspecified atom stereocenters. The molecule has 0 atom stereocenters. The molecule has 164 valence electrons. The summed E-state index contributed by atoms with van der Waals surface area (Å²) in [5, 5.41) is 13.1. The van der Waals surface area contributed by atoms with E-state index in [4.69, 9.17) is 4.74 Å². The van der Waals surface area contributed by atoms with Gasteiger partial charge in [0.25, 0.3) is 17.5 Å². The van der Waals surface area contributed by atoms with Crippen molar-refractivity contribution in [2.45, 2.75) is 6.61 Å². The fourth-order valence-electron chi connectivity index (χ4n) is 3.22. The maximum atomic E-state index is 12.9. The minimum absolute atomic E-state index is 0.0171. The average Bonchev–Trinajstić information content (AvgIpc) is 2.82. The molecular weight excluding hydrogens is 426 g/mol. The molecule has 1 heterocycles. The molecule has 0 bridgehead atoms. The second kappa shape index (κ2) is 9.15. The molecule has 0 saturated carbocycles. The zero-order chi connectivity index (χ0) is 23.4. The number of para-hydroxylation sites is 1. The Bertz CT molecular complexity index is 1270. The van der Waals surface area contributed by atoms with Crippen molar-refractivity contribution >= 4 is 35.3 Å². The number of nitrogens with zero attached hydrogens (tertiary/aromatic N) is 2. The number of rotatable bonds is 6. The first-order valence-corrected chi connectivity index (χ1v) is 9.85. The van der Waals surface area contributed by atoms with Crippen LogP contribution in [0.3, 0.4) is 0 Å². The van der Waals surface area contributed by atoms with E-state index in [2.05, 4.69) is 5.32 Å². The number of amides is 4. The van der Waals surface area contributed by atoms with Crippen LogP contribution in [0, 0.1) is 10.1 Å². The molecule has 1 saturated heterocycles. The zero-order valence-electron chi connectivity index (χ0n) is 17.1. The lowest BCUT2D eigenvalue weighted by Crippen LogP contribution is -2.54. The number of hydrogen-bond acceptors (Lipinski definition) is 6. The number of barbiturate groups is 1. The summed E-state index contributed by atoms with van der Waals surface area (Å²) in [7, 11) is 0. The number of nitro benzene ring substituents is 1. The van der Waals surface area contributed by atoms with Gasteiger partial charge in [0.1, 0.15) is 17.9 Å². The van der Waals surface area contributed by atoms with E-state index in [1.165, 1.54) is 18.2 Å². The standard InChI is InChI=1S/C24H17N3O6/c28-22-21(23(29)26(24(30)25-22)18-6-2-1-3-7-18)14-16-9-11-20(12-10-16)33-15-17-5-4-8-19(13-17)27(31)32/h1-14H,15H2,(H,25,28,30)/b21-14+. The van der Waals surface area contributed by atoms with E-state index in [9.17, 15) is 24.5 Å². The second-order valence-corrected chi connectivity index (χ2v) is 7.08. The predicted molar refractivity (Wildman–Crippen MR) is 119 cm³/mol. The molecule has 9 heteroatoms. The summed E-state index contributed by atoms with van der Waals surface area (Å²) >= 11 is 0. The number of nitrogens with one attached hydrogen (secondary N) is 1. The van der Waals surface area contributed by atoms with E-state index in [0.29, 0.717) is 22.6 Å². The number of nitro groups is 1. The molecule has 4 amide bonds. The first-order valence-electron chi connectivity index (χ1n) is 9.85. The summed E-state index contributed by atoms with van der Waals surface area (Å²) in [5.74, 6) is -0.992. The normalized spacial score (nSPS) is 14.8. The fraction of sp³-hybridized carbons (Fsp3) is 0.0417. The van der Waals surface area contributed by atoms with Gasteiger partial charge in [0.05, 0.1) is 10.6 Å². The summed E-state index contributed by atoms with van der Waals surface area (Å²) in [6, 6.07) is 20.2. The van der Waals surface area contributed by atoms with Crippen LogP contribution < -0.4 is 15.0 Å². The molecular formula is C24H17N3O6. The number of benzene rings is 3. The van der Waals surface area contributed by atoms with E-state index in [-0.39, 0.29) is 17.9 Å². The third-order valence-electron chi connectivity index (χ3n) is 4.83. The SMILES string of the molecule is O=C1NC(=O)N(c2ccccc2)C(=O)/C1=C/c1ccc(OCc2cccc([N+](=O)[O-])c2)cc1. The number of non-ortho nitro benzene ring substituents is 1. The Labute approximate surface area is 188 Å². The van der Waals surface area contributed by atoms with E-state index in [1.54, 1.807) is 66.7 Å². The quantitative estimate of drug-likeness (QED) is 0.268. The lowest BCUT2D eigenvalue weighted by Gasteiger charge is -2.26. The number of carbonyl (C=O) groups excluding carboxylic acids is 3. The van der Waals surface area contributed by atoms with Gasteiger partial charge >= 0.3 is 6.03 Å². The van der Waals surface area contributed by atoms with Gasteiger partial charge in [0, 0.05) is 12.1 Å². The van der Waals surface area contributed by atoms with Crippen LogP contribution in [-0.4, -0.2) is 22.8 Å². The molecule has 0 aliphatic carbocycles. The van der Waals surface area contributed by atoms with Crippen LogP contribution >= 0.6 is 0 Å². The van der Waals surface area contributed by atoms with Crippen molar-refractivity contribution in [3.8, 4) is 5.75 Å². The monoisotopic (exact) mass is 443 g/mol. The van der Waals surface area contributed by atoms with Crippen molar-refractivity contribution in [2.24, 2.45) is 0 Å².